The second-order valence-corrected chi connectivity index (χ2v) is 5.62. The number of nitrogens with two attached hydrogens (primary N) is 1. The summed E-state index contributed by atoms with van der Waals surface area (Å²) in [5.74, 6) is -0.244. The Labute approximate surface area is 130 Å². The molecule has 4 heteroatoms. The van der Waals surface area contributed by atoms with Crippen LogP contribution in [-0.2, 0) is 6.42 Å². The average Bonchev–Trinajstić information content (AvgIpc) is 2.49. The van der Waals surface area contributed by atoms with Gasteiger partial charge in [-0.05, 0) is 54.8 Å². The molecule has 0 aromatic heterocycles. The average molecular weight is 307 g/mol. The Morgan fingerprint density at radius 1 is 1.19 bits per heavy atom. The number of halogens is 2. The van der Waals surface area contributed by atoms with E-state index in [1.165, 1.54) is 12.1 Å². The Morgan fingerprint density at radius 3 is 2.48 bits per heavy atom. The summed E-state index contributed by atoms with van der Waals surface area (Å²) in [6.45, 7) is 2.07. The van der Waals surface area contributed by atoms with Gasteiger partial charge in [0.05, 0.1) is 0 Å². The number of benzene rings is 2. The molecule has 0 bridgehead atoms. The van der Waals surface area contributed by atoms with Gasteiger partial charge in [0, 0.05) is 29.5 Å². The van der Waals surface area contributed by atoms with Crippen LogP contribution in [0.5, 0.6) is 0 Å². The van der Waals surface area contributed by atoms with Crippen molar-refractivity contribution in [2.75, 3.05) is 11.9 Å². The van der Waals surface area contributed by atoms with Crippen molar-refractivity contribution in [3.8, 4) is 0 Å². The largest absolute Gasteiger partial charge is 0.344 e. The predicted octanol–water partition coefficient (Wildman–Crippen LogP) is 4.53. The summed E-state index contributed by atoms with van der Waals surface area (Å²) in [5.41, 5.74) is 9.11. The summed E-state index contributed by atoms with van der Waals surface area (Å²) in [4.78, 5) is 2.00. The van der Waals surface area contributed by atoms with E-state index in [0.29, 0.717) is 5.02 Å². The number of hydrogen-bond acceptors (Lipinski definition) is 2. The first kappa shape index (κ1) is 15.8. The molecule has 2 nitrogen and oxygen atoms in total. The van der Waals surface area contributed by atoms with Crippen LogP contribution in [-0.4, -0.2) is 13.1 Å². The molecule has 0 saturated carbocycles. The van der Waals surface area contributed by atoms with Gasteiger partial charge in [-0.1, -0.05) is 24.6 Å². The van der Waals surface area contributed by atoms with Crippen molar-refractivity contribution in [2.24, 2.45) is 5.73 Å². The van der Waals surface area contributed by atoms with Gasteiger partial charge in [0.25, 0.3) is 0 Å². The molecule has 1 unspecified atom stereocenters. The maximum Gasteiger partial charge on any atom is 0.123 e. The van der Waals surface area contributed by atoms with Gasteiger partial charge in [-0.3, -0.25) is 0 Å². The summed E-state index contributed by atoms with van der Waals surface area (Å²) in [7, 11) is 1.94. The Hall–Kier alpha value is -1.58. The van der Waals surface area contributed by atoms with Gasteiger partial charge >= 0.3 is 0 Å². The van der Waals surface area contributed by atoms with Crippen molar-refractivity contribution in [3.05, 3.63) is 58.9 Å². The second-order valence-electron chi connectivity index (χ2n) is 5.18. The van der Waals surface area contributed by atoms with E-state index >= 15 is 0 Å². The molecule has 2 aromatic carbocycles. The zero-order valence-corrected chi connectivity index (χ0v) is 13.1. The van der Waals surface area contributed by atoms with Crippen LogP contribution < -0.4 is 10.6 Å². The van der Waals surface area contributed by atoms with E-state index in [1.54, 1.807) is 12.1 Å². The van der Waals surface area contributed by atoms with Crippen molar-refractivity contribution in [1.82, 2.24) is 0 Å². The molecule has 0 aliphatic carbocycles. The van der Waals surface area contributed by atoms with E-state index in [4.69, 9.17) is 17.3 Å². The molecular formula is C17H20ClFN2. The first-order valence-corrected chi connectivity index (χ1v) is 7.42. The van der Waals surface area contributed by atoms with Crippen LogP contribution in [0.3, 0.4) is 0 Å². The van der Waals surface area contributed by atoms with E-state index in [0.717, 1.165) is 29.8 Å². The number of nitrogens with zero attached hydrogens (tertiary/aromatic N) is 1. The lowest BCUT2D eigenvalue weighted by atomic mass is 10.0. The Bertz CT molecular complexity index is 598. The molecule has 112 valence electrons. The minimum atomic E-state index is -0.244. The molecular weight excluding hydrogens is 287 g/mol. The monoisotopic (exact) mass is 306 g/mol. The fourth-order valence-corrected chi connectivity index (χ4v) is 2.42. The summed E-state index contributed by atoms with van der Waals surface area (Å²) in [6.07, 6.45) is 1.71. The maximum absolute atomic E-state index is 13.1. The highest BCUT2D eigenvalue weighted by Gasteiger charge is 2.12. The van der Waals surface area contributed by atoms with Gasteiger partial charge in [0.1, 0.15) is 5.82 Å². The molecule has 0 saturated heterocycles. The molecule has 2 rings (SSSR count). The predicted molar refractivity (Wildman–Crippen MR) is 87.9 cm³/mol. The molecule has 0 aliphatic heterocycles. The summed E-state index contributed by atoms with van der Waals surface area (Å²) >= 11 is 6.13. The quantitative estimate of drug-likeness (QED) is 0.879. The summed E-state index contributed by atoms with van der Waals surface area (Å²) < 4.78 is 13.1. The molecule has 0 fully saturated rings. The normalized spacial score (nSPS) is 12.2. The minimum Gasteiger partial charge on any atom is -0.344 e. The number of rotatable bonds is 5. The fraction of sp³-hybridized carbons (Fsp3) is 0.294. The van der Waals surface area contributed by atoms with Crippen LogP contribution in [0.4, 0.5) is 15.8 Å². The van der Waals surface area contributed by atoms with Crippen LogP contribution in [0.2, 0.25) is 5.02 Å². The highest BCUT2D eigenvalue weighted by atomic mass is 35.5. The molecule has 2 N–H and O–H groups in total. The Morgan fingerprint density at radius 2 is 1.86 bits per heavy atom. The number of hydrogen-bond donors (Lipinski definition) is 1. The van der Waals surface area contributed by atoms with E-state index in [-0.39, 0.29) is 11.9 Å². The Balaban J connectivity index is 2.36. The van der Waals surface area contributed by atoms with Crippen LogP contribution >= 0.6 is 11.6 Å². The highest BCUT2D eigenvalue weighted by molar-refractivity contribution is 6.30. The van der Waals surface area contributed by atoms with Crippen LogP contribution in [0, 0.1) is 5.82 Å². The summed E-state index contributed by atoms with van der Waals surface area (Å²) in [5, 5.41) is 0.674. The van der Waals surface area contributed by atoms with Crippen molar-refractivity contribution in [3.63, 3.8) is 0 Å². The van der Waals surface area contributed by atoms with Gasteiger partial charge in [0.2, 0.25) is 0 Å². The smallest absolute Gasteiger partial charge is 0.123 e. The lowest BCUT2D eigenvalue weighted by Gasteiger charge is -2.24. The molecule has 0 amide bonds. The fourth-order valence-electron chi connectivity index (χ4n) is 2.25. The lowest BCUT2D eigenvalue weighted by molar-refractivity contribution is 0.628. The molecule has 0 radical (unpaired) electrons. The highest BCUT2D eigenvalue weighted by Crippen LogP contribution is 2.30. The standard InChI is InChI=1S/C17H20ClFN2/c1-3-15(20)10-12-4-5-13(18)11-17(12)21(2)16-8-6-14(19)7-9-16/h4-9,11,15H,3,10,20H2,1-2H3. The molecule has 0 heterocycles. The third-order valence-corrected chi connectivity index (χ3v) is 3.86. The van der Waals surface area contributed by atoms with E-state index < -0.39 is 0 Å². The van der Waals surface area contributed by atoms with Gasteiger partial charge in [0.15, 0.2) is 0 Å². The lowest BCUT2D eigenvalue weighted by Crippen LogP contribution is -2.23. The Kier molecular flexibility index (Phi) is 5.21. The molecule has 0 aliphatic rings. The summed E-state index contributed by atoms with van der Waals surface area (Å²) in [6, 6.07) is 12.3. The zero-order valence-electron chi connectivity index (χ0n) is 12.3. The molecule has 1 atom stereocenters. The zero-order chi connectivity index (χ0) is 15.4. The molecule has 2 aromatic rings. The van der Waals surface area contributed by atoms with Crippen molar-refractivity contribution < 1.29 is 4.39 Å². The van der Waals surface area contributed by atoms with Gasteiger partial charge in [-0.2, -0.15) is 0 Å². The number of anilines is 2. The maximum atomic E-state index is 13.1. The van der Waals surface area contributed by atoms with Crippen molar-refractivity contribution >= 4 is 23.0 Å². The van der Waals surface area contributed by atoms with Gasteiger partial charge in [-0.25, -0.2) is 4.39 Å². The minimum absolute atomic E-state index is 0.117. The second kappa shape index (κ2) is 6.92. The first-order chi connectivity index (χ1) is 10.0. The molecule has 0 spiro atoms. The van der Waals surface area contributed by atoms with Crippen LogP contribution in [0.15, 0.2) is 42.5 Å². The van der Waals surface area contributed by atoms with Gasteiger partial charge < -0.3 is 10.6 Å². The van der Waals surface area contributed by atoms with E-state index in [1.807, 2.05) is 30.1 Å². The third-order valence-electron chi connectivity index (χ3n) is 3.63. The van der Waals surface area contributed by atoms with Gasteiger partial charge in [-0.15, -0.1) is 0 Å². The SMILES string of the molecule is CCC(N)Cc1ccc(Cl)cc1N(C)c1ccc(F)cc1. The third kappa shape index (κ3) is 3.96. The molecule has 21 heavy (non-hydrogen) atoms. The van der Waals surface area contributed by atoms with E-state index in [9.17, 15) is 4.39 Å². The first-order valence-electron chi connectivity index (χ1n) is 7.04. The van der Waals surface area contributed by atoms with E-state index in [2.05, 4.69) is 6.92 Å². The van der Waals surface area contributed by atoms with Crippen LogP contribution in [0.1, 0.15) is 18.9 Å². The van der Waals surface area contributed by atoms with Crippen molar-refractivity contribution in [2.45, 2.75) is 25.8 Å². The van der Waals surface area contributed by atoms with Crippen LogP contribution in [0.25, 0.3) is 0 Å². The van der Waals surface area contributed by atoms with Crippen molar-refractivity contribution in [1.29, 1.82) is 0 Å². The topological polar surface area (TPSA) is 29.3 Å².